The first-order valence-corrected chi connectivity index (χ1v) is 19.4. The number of carbonyl (C=O) groups is 2. The van der Waals surface area contributed by atoms with Crippen molar-refractivity contribution in [2.45, 2.75) is 97.7 Å². The highest BCUT2D eigenvalue weighted by Crippen LogP contribution is 2.55. The van der Waals surface area contributed by atoms with E-state index < -0.39 is 24.2 Å². The number of hydrogen-bond acceptors (Lipinski definition) is 9. The number of anilines is 1. The quantitative estimate of drug-likeness (QED) is 0.217. The van der Waals surface area contributed by atoms with Crippen molar-refractivity contribution in [2.75, 3.05) is 53.4 Å². The third-order valence-corrected chi connectivity index (χ3v) is 12.4. The number of para-hydroxylation sites is 1. The van der Waals surface area contributed by atoms with E-state index in [1.54, 1.807) is 19.1 Å². The van der Waals surface area contributed by atoms with Gasteiger partial charge in [-0.1, -0.05) is 52.8 Å². The van der Waals surface area contributed by atoms with Crippen molar-refractivity contribution in [3.8, 4) is 16.9 Å². The van der Waals surface area contributed by atoms with Crippen molar-refractivity contribution in [3.05, 3.63) is 47.5 Å². The van der Waals surface area contributed by atoms with Crippen LogP contribution in [0.4, 0.5) is 5.69 Å². The summed E-state index contributed by atoms with van der Waals surface area (Å²) in [6, 6.07) is 10.9. The molecule has 4 N–H and O–H groups in total. The van der Waals surface area contributed by atoms with Crippen LogP contribution in [0.5, 0.6) is 5.75 Å². The average Bonchev–Trinajstić information content (AvgIpc) is 3.47. The third kappa shape index (κ3) is 8.70. The van der Waals surface area contributed by atoms with Gasteiger partial charge in [-0.05, 0) is 93.1 Å². The molecule has 4 aliphatic rings. The molecule has 2 amide bonds. The van der Waals surface area contributed by atoms with Gasteiger partial charge >= 0.3 is 0 Å². The van der Waals surface area contributed by atoms with Crippen LogP contribution in [0, 0.1) is 35.0 Å². The second-order valence-electron chi connectivity index (χ2n) is 17.4. The number of hydroxylamine groups is 2. The second kappa shape index (κ2) is 16.7. The Labute approximate surface area is 317 Å². The Morgan fingerprint density at radius 3 is 2.38 bits per heavy atom. The minimum absolute atomic E-state index is 0.0241. The van der Waals surface area contributed by atoms with E-state index in [1.165, 1.54) is 6.42 Å². The average molecular weight is 736 g/mol. The Bertz CT molecular complexity index is 1590. The smallest absolute Gasteiger partial charge is 0.251 e. The van der Waals surface area contributed by atoms with Crippen LogP contribution in [0.25, 0.3) is 11.1 Å². The van der Waals surface area contributed by atoms with E-state index in [1.807, 2.05) is 69.5 Å². The molecule has 11 heteroatoms. The first kappa shape index (κ1) is 41.0. The van der Waals surface area contributed by atoms with Gasteiger partial charge in [0.1, 0.15) is 17.9 Å². The first-order chi connectivity index (χ1) is 25.0. The summed E-state index contributed by atoms with van der Waals surface area (Å²) in [4.78, 5) is 38.5. The zero-order chi connectivity index (χ0) is 38.9. The highest BCUT2D eigenvalue weighted by Gasteiger charge is 2.54. The largest absolute Gasteiger partial charge is 0.496 e. The predicted molar refractivity (Wildman–Crippen MR) is 210 cm³/mol. The molecule has 2 unspecified atom stereocenters. The molecular weight excluding hydrogens is 670 g/mol. The monoisotopic (exact) mass is 735 g/mol. The molecule has 53 heavy (non-hydrogen) atoms. The topological polar surface area (TPSA) is 127 Å². The molecule has 3 aliphatic carbocycles. The molecule has 9 atom stereocenters. The highest BCUT2D eigenvalue weighted by atomic mass is 16.7. The second-order valence-corrected chi connectivity index (χ2v) is 17.4. The van der Waals surface area contributed by atoms with Gasteiger partial charge in [-0.2, -0.15) is 5.06 Å². The lowest BCUT2D eigenvalue weighted by molar-refractivity contribution is -0.183. The highest BCUT2D eigenvalue weighted by molar-refractivity contribution is 5.97. The van der Waals surface area contributed by atoms with Crippen LogP contribution >= 0.6 is 0 Å². The number of nitrogens with zero attached hydrogens (tertiary/aromatic N) is 3. The fraction of sp³-hybridized carbons (Fsp3) is 0.667. The fourth-order valence-corrected chi connectivity index (χ4v) is 9.62. The number of benzene rings is 2. The van der Waals surface area contributed by atoms with Gasteiger partial charge < -0.3 is 35.4 Å². The summed E-state index contributed by atoms with van der Waals surface area (Å²) >= 11 is 0. The lowest BCUT2D eigenvalue weighted by Gasteiger charge is -2.56. The normalized spacial score (nSPS) is 27.9. The molecule has 2 aromatic carbocycles. The summed E-state index contributed by atoms with van der Waals surface area (Å²) in [5, 5.41) is 29.7. The maximum atomic E-state index is 14.4. The summed E-state index contributed by atoms with van der Waals surface area (Å²) in [6.45, 7) is 13.4. The number of rotatable bonds is 14. The van der Waals surface area contributed by atoms with Crippen molar-refractivity contribution in [3.63, 3.8) is 0 Å². The number of likely N-dealkylation sites (N-methyl/N-ethyl adjacent to an activating group) is 1. The molecule has 3 saturated carbocycles. The molecule has 0 spiro atoms. The number of amides is 2. The SMILES string of the molecule is COc1c(CN2O[C@@H](CO)[C@H]([C@H](C)O)[C@H]2C(=O)NC2C3CC[C@@H]([C@@H]2C)C(C)(C)C3)cccc1-c1cc(C(=O)N[C@@H](CN(C)C)C(C)C)cc(N(C)C)c1. The molecule has 1 aliphatic heterocycles. The van der Waals surface area contributed by atoms with E-state index in [9.17, 15) is 19.8 Å². The molecule has 4 fully saturated rings. The summed E-state index contributed by atoms with van der Waals surface area (Å²) < 4.78 is 6.09. The molecule has 6 rings (SSSR count). The van der Waals surface area contributed by atoms with E-state index in [0.717, 1.165) is 41.8 Å². The summed E-state index contributed by atoms with van der Waals surface area (Å²) in [6.07, 6.45) is 1.71. The number of aliphatic hydroxyl groups is 2. The van der Waals surface area contributed by atoms with Crippen LogP contribution in [-0.4, -0.2) is 111 Å². The lowest BCUT2D eigenvalue weighted by atomic mass is 9.52. The van der Waals surface area contributed by atoms with E-state index >= 15 is 0 Å². The zero-order valence-corrected chi connectivity index (χ0v) is 33.8. The number of nitrogens with one attached hydrogen (secondary N) is 2. The van der Waals surface area contributed by atoms with Gasteiger partial charge in [0.25, 0.3) is 5.91 Å². The predicted octanol–water partition coefficient (Wildman–Crippen LogP) is 4.79. The van der Waals surface area contributed by atoms with Gasteiger partial charge in [0, 0.05) is 61.0 Å². The molecule has 2 bridgehead atoms. The van der Waals surface area contributed by atoms with Gasteiger partial charge in [-0.15, -0.1) is 0 Å². The number of fused-ring (bicyclic) bond motifs is 3. The Morgan fingerprint density at radius 2 is 1.81 bits per heavy atom. The lowest BCUT2D eigenvalue weighted by Crippen LogP contribution is -2.60. The molecule has 1 heterocycles. The fourth-order valence-electron chi connectivity index (χ4n) is 9.62. The van der Waals surface area contributed by atoms with Crippen molar-refractivity contribution >= 4 is 17.5 Å². The standard InChI is InChI=1S/C42H65N5O6/c1-24(2)34(22-45(7)8)43-40(50)30-17-29(18-31(19-30)46(9)10)32-14-12-13-28(39(32)52-11)21-47-38(36(26(4)49)35(23-48)53-47)41(51)44-37-25(3)33-16-15-27(37)20-42(33,5)6/h12-14,17-19,24-27,33-38,48-49H,15-16,20-23H2,1-11H3,(H,43,50)(H,44,51)/t25-,26-,27?,33-,34-,35-,36-,37?,38-/m0/s1. The van der Waals surface area contributed by atoms with Gasteiger partial charge in [0.15, 0.2) is 0 Å². The Morgan fingerprint density at radius 1 is 1.09 bits per heavy atom. The Hall–Kier alpha value is -3.22. The molecule has 0 radical (unpaired) electrons. The van der Waals surface area contributed by atoms with Crippen LogP contribution < -0.4 is 20.3 Å². The number of carbonyl (C=O) groups excluding carboxylic acids is 2. The minimum Gasteiger partial charge on any atom is -0.496 e. The van der Waals surface area contributed by atoms with Crippen LogP contribution in [0.1, 0.15) is 76.7 Å². The molecule has 2 aromatic rings. The summed E-state index contributed by atoms with van der Waals surface area (Å²) in [5.41, 5.74) is 4.03. The van der Waals surface area contributed by atoms with Crippen molar-refractivity contribution in [2.24, 2.45) is 35.0 Å². The summed E-state index contributed by atoms with van der Waals surface area (Å²) in [5.74, 6) is 1.14. The van der Waals surface area contributed by atoms with E-state index in [-0.39, 0.29) is 48.4 Å². The first-order valence-electron chi connectivity index (χ1n) is 19.4. The van der Waals surface area contributed by atoms with E-state index in [4.69, 9.17) is 9.57 Å². The van der Waals surface area contributed by atoms with Crippen LogP contribution in [-0.2, 0) is 16.2 Å². The van der Waals surface area contributed by atoms with Crippen molar-refractivity contribution in [1.82, 2.24) is 20.6 Å². The van der Waals surface area contributed by atoms with Gasteiger partial charge in [-0.3, -0.25) is 14.4 Å². The van der Waals surface area contributed by atoms with E-state index in [2.05, 4.69) is 50.2 Å². The van der Waals surface area contributed by atoms with Crippen LogP contribution in [0.2, 0.25) is 0 Å². The van der Waals surface area contributed by atoms with Crippen LogP contribution in [0.3, 0.4) is 0 Å². The molecule has 1 saturated heterocycles. The molecular formula is C42H65N5O6. The number of hydrogen-bond donors (Lipinski definition) is 4. The van der Waals surface area contributed by atoms with Crippen molar-refractivity contribution in [1.29, 1.82) is 0 Å². The summed E-state index contributed by atoms with van der Waals surface area (Å²) in [7, 11) is 9.52. The van der Waals surface area contributed by atoms with Gasteiger partial charge in [0.05, 0.1) is 26.4 Å². The minimum atomic E-state index is -0.897. The Kier molecular flexibility index (Phi) is 12.9. The molecule has 11 nitrogen and oxygen atoms in total. The number of aliphatic hydroxyl groups excluding tert-OH is 2. The molecule has 294 valence electrons. The third-order valence-electron chi connectivity index (χ3n) is 12.4. The van der Waals surface area contributed by atoms with E-state index in [0.29, 0.717) is 29.1 Å². The maximum Gasteiger partial charge on any atom is 0.251 e. The zero-order valence-electron chi connectivity index (χ0n) is 33.8. The van der Waals surface area contributed by atoms with Crippen LogP contribution in [0.15, 0.2) is 36.4 Å². The maximum absolute atomic E-state index is 14.4. The van der Waals surface area contributed by atoms with Gasteiger partial charge in [-0.25, -0.2) is 0 Å². The number of ether oxygens (including phenoxy) is 1. The van der Waals surface area contributed by atoms with Gasteiger partial charge in [0.2, 0.25) is 5.91 Å². The molecule has 0 aromatic heterocycles. The van der Waals surface area contributed by atoms with Crippen molar-refractivity contribution < 1.29 is 29.4 Å². The number of methoxy groups -OCH3 is 1. The Balaban J connectivity index is 1.47.